The quantitative estimate of drug-likeness (QED) is 0.846. The van der Waals surface area contributed by atoms with E-state index >= 15 is 0 Å². The van der Waals surface area contributed by atoms with Gasteiger partial charge in [-0.1, -0.05) is 36.4 Å². The van der Waals surface area contributed by atoms with Gasteiger partial charge < -0.3 is 4.74 Å². The van der Waals surface area contributed by atoms with Gasteiger partial charge >= 0.3 is 6.03 Å². The van der Waals surface area contributed by atoms with Crippen LogP contribution in [0.25, 0.3) is 5.70 Å². The van der Waals surface area contributed by atoms with E-state index in [4.69, 9.17) is 4.74 Å². The maximum absolute atomic E-state index is 12.8. The molecule has 0 heterocycles. The highest BCUT2D eigenvalue weighted by Crippen LogP contribution is 2.23. The minimum absolute atomic E-state index is 0.105. The Bertz CT molecular complexity index is 678. The average Bonchev–Trinajstić information content (AvgIpc) is 2.62. The Morgan fingerprint density at radius 1 is 1.00 bits per heavy atom. The molecule has 0 saturated carbocycles. The first-order valence-electron chi connectivity index (χ1n) is 7.45. The normalized spacial score (nSPS) is 11.0. The summed E-state index contributed by atoms with van der Waals surface area (Å²) >= 11 is 0. The Balaban J connectivity index is 2.20. The lowest BCUT2D eigenvalue weighted by Crippen LogP contribution is -2.37. The van der Waals surface area contributed by atoms with Crippen molar-refractivity contribution in [3.8, 4) is 5.75 Å². The second-order valence-electron chi connectivity index (χ2n) is 5.14. The van der Waals surface area contributed by atoms with Crippen LogP contribution in [0.1, 0.15) is 12.5 Å². The fourth-order valence-corrected chi connectivity index (χ4v) is 2.41. The highest BCUT2D eigenvalue weighted by molar-refractivity contribution is 5.96. The van der Waals surface area contributed by atoms with Crippen LogP contribution in [0.4, 0.5) is 10.5 Å². The molecule has 2 rings (SSSR count). The van der Waals surface area contributed by atoms with E-state index < -0.39 is 0 Å². The van der Waals surface area contributed by atoms with Gasteiger partial charge in [0, 0.05) is 25.5 Å². The lowest BCUT2D eigenvalue weighted by molar-refractivity contribution is 0.232. The largest absolute Gasteiger partial charge is 0.497 e. The number of hydrogen-bond acceptors (Lipinski definition) is 2. The molecule has 0 N–H and O–H groups in total. The number of nitrogens with zero attached hydrogens (tertiary/aromatic N) is 2. The van der Waals surface area contributed by atoms with E-state index in [-0.39, 0.29) is 6.03 Å². The summed E-state index contributed by atoms with van der Waals surface area (Å²) in [5.41, 5.74) is 2.69. The number of anilines is 1. The molecule has 0 aromatic heterocycles. The maximum Gasteiger partial charge on any atom is 0.328 e. The molecule has 4 nitrogen and oxygen atoms in total. The summed E-state index contributed by atoms with van der Waals surface area (Å²) in [6, 6.07) is 17.2. The Kier molecular flexibility index (Phi) is 5.41. The van der Waals surface area contributed by atoms with Crippen LogP contribution in [0.5, 0.6) is 5.75 Å². The smallest absolute Gasteiger partial charge is 0.328 e. The van der Waals surface area contributed by atoms with E-state index in [0.29, 0.717) is 0 Å². The van der Waals surface area contributed by atoms with Crippen molar-refractivity contribution >= 4 is 17.4 Å². The summed E-state index contributed by atoms with van der Waals surface area (Å²) < 4.78 is 5.15. The number of urea groups is 1. The van der Waals surface area contributed by atoms with Gasteiger partial charge in [0.2, 0.25) is 0 Å². The van der Waals surface area contributed by atoms with E-state index in [2.05, 4.69) is 0 Å². The third kappa shape index (κ3) is 3.72. The van der Waals surface area contributed by atoms with Gasteiger partial charge in [0.1, 0.15) is 5.75 Å². The second kappa shape index (κ2) is 7.49. The van der Waals surface area contributed by atoms with Gasteiger partial charge in [-0.25, -0.2) is 4.79 Å². The van der Waals surface area contributed by atoms with Gasteiger partial charge in [0.15, 0.2) is 0 Å². The van der Waals surface area contributed by atoms with Crippen LogP contribution in [-0.4, -0.2) is 32.1 Å². The SMILES string of the molecule is C/C=C(\c1ccccc1)N(C)C(=O)N(C)c1ccc(OC)cc1. The predicted octanol–water partition coefficient (Wildman–Crippen LogP) is 4.24. The summed E-state index contributed by atoms with van der Waals surface area (Å²) in [7, 11) is 5.17. The minimum atomic E-state index is -0.105. The summed E-state index contributed by atoms with van der Waals surface area (Å²) in [4.78, 5) is 16.0. The molecule has 120 valence electrons. The molecule has 0 bridgehead atoms. The fraction of sp³-hybridized carbons (Fsp3) is 0.211. The number of ether oxygens (including phenoxy) is 1. The molecule has 0 atom stereocenters. The van der Waals surface area contributed by atoms with Crippen LogP contribution in [0, 0.1) is 0 Å². The first kappa shape index (κ1) is 16.6. The van der Waals surface area contributed by atoms with E-state index in [9.17, 15) is 4.79 Å². The summed E-state index contributed by atoms with van der Waals surface area (Å²) in [6.45, 7) is 1.93. The molecule has 0 aliphatic carbocycles. The Morgan fingerprint density at radius 3 is 2.13 bits per heavy atom. The van der Waals surface area contributed by atoms with Crippen molar-refractivity contribution in [1.82, 2.24) is 4.90 Å². The highest BCUT2D eigenvalue weighted by Gasteiger charge is 2.19. The van der Waals surface area contributed by atoms with Crippen molar-refractivity contribution in [2.24, 2.45) is 0 Å². The van der Waals surface area contributed by atoms with Crippen molar-refractivity contribution in [3.05, 3.63) is 66.2 Å². The number of hydrogen-bond donors (Lipinski definition) is 0. The van der Waals surface area contributed by atoms with Crippen LogP contribution in [0.3, 0.4) is 0 Å². The van der Waals surface area contributed by atoms with Crippen molar-refractivity contribution in [3.63, 3.8) is 0 Å². The number of carbonyl (C=O) groups is 1. The third-order valence-electron chi connectivity index (χ3n) is 3.74. The minimum Gasteiger partial charge on any atom is -0.497 e. The zero-order chi connectivity index (χ0) is 16.8. The van der Waals surface area contributed by atoms with Crippen molar-refractivity contribution in [1.29, 1.82) is 0 Å². The van der Waals surface area contributed by atoms with Crippen LogP contribution >= 0.6 is 0 Å². The van der Waals surface area contributed by atoms with Crippen LogP contribution in [0.15, 0.2) is 60.7 Å². The molecule has 23 heavy (non-hydrogen) atoms. The van der Waals surface area contributed by atoms with E-state index in [1.807, 2.05) is 67.6 Å². The number of allylic oxidation sites excluding steroid dienone is 1. The first-order chi connectivity index (χ1) is 11.1. The molecular weight excluding hydrogens is 288 g/mol. The number of benzene rings is 2. The van der Waals surface area contributed by atoms with Gasteiger partial charge in [-0.3, -0.25) is 9.80 Å². The molecular formula is C19H22N2O2. The molecule has 2 amide bonds. The van der Waals surface area contributed by atoms with Gasteiger partial charge in [-0.05, 0) is 36.8 Å². The lowest BCUT2D eigenvalue weighted by atomic mass is 10.1. The maximum atomic E-state index is 12.8. The Morgan fingerprint density at radius 2 is 1.61 bits per heavy atom. The highest BCUT2D eigenvalue weighted by atomic mass is 16.5. The molecule has 4 heteroatoms. The topological polar surface area (TPSA) is 32.8 Å². The van der Waals surface area contributed by atoms with Gasteiger partial charge in [0.05, 0.1) is 7.11 Å². The number of methoxy groups -OCH3 is 1. The number of amides is 2. The summed E-state index contributed by atoms with van der Waals surface area (Å²) in [5.74, 6) is 0.765. The van der Waals surface area contributed by atoms with Crippen LogP contribution in [-0.2, 0) is 0 Å². The number of rotatable bonds is 4. The van der Waals surface area contributed by atoms with E-state index in [1.165, 1.54) is 0 Å². The molecule has 0 aliphatic heterocycles. The van der Waals surface area contributed by atoms with E-state index in [1.54, 1.807) is 31.0 Å². The standard InChI is InChI=1S/C19H22N2O2/c1-5-18(15-9-7-6-8-10-15)21(3)19(22)20(2)16-11-13-17(23-4)14-12-16/h5-14H,1-4H3/b18-5+. The Hall–Kier alpha value is -2.75. The molecule has 0 fully saturated rings. The van der Waals surface area contributed by atoms with Crippen LogP contribution in [0.2, 0.25) is 0 Å². The predicted molar refractivity (Wildman–Crippen MR) is 94.6 cm³/mol. The molecule has 0 spiro atoms. The second-order valence-corrected chi connectivity index (χ2v) is 5.14. The lowest BCUT2D eigenvalue weighted by Gasteiger charge is -2.27. The van der Waals surface area contributed by atoms with E-state index in [0.717, 1.165) is 22.7 Å². The zero-order valence-corrected chi connectivity index (χ0v) is 14.0. The van der Waals surface area contributed by atoms with Gasteiger partial charge in [0.25, 0.3) is 0 Å². The van der Waals surface area contributed by atoms with Crippen molar-refractivity contribution in [2.75, 3.05) is 26.1 Å². The first-order valence-corrected chi connectivity index (χ1v) is 7.45. The van der Waals surface area contributed by atoms with Crippen molar-refractivity contribution < 1.29 is 9.53 Å². The van der Waals surface area contributed by atoms with Gasteiger partial charge in [-0.2, -0.15) is 0 Å². The molecule has 2 aromatic carbocycles. The average molecular weight is 310 g/mol. The fourth-order valence-electron chi connectivity index (χ4n) is 2.41. The molecule has 0 radical (unpaired) electrons. The van der Waals surface area contributed by atoms with Crippen molar-refractivity contribution in [2.45, 2.75) is 6.92 Å². The zero-order valence-electron chi connectivity index (χ0n) is 14.0. The van der Waals surface area contributed by atoms with Crippen LogP contribution < -0.4 is 9.64 Å². The molecule has 0 unspecified atom stereocenters. The third-order valence-corrected chi connectivity index (χ3v) is 3.74. The molecule has 2 aromatic rings. The monoisotopic (exact) mass is 310 g/mol. The summed E-state index contributed by atoms with van der Waals surface area (Å²) in [6.07, 6.45) is 1.94. The number of carbonyl (C=O) groups excluding carboxylic acids is 1. The molecule has 0 saturated heterocycles. The van der Waals surface area contributed by atoms with Gasteiger partial charge in [-0.15, -0.1) is 0 Å². The summed E-state index contributed by atoms with van der Waals surface area (Å²) in [5, 5.41) is 0. The molecule has 0 aliphatic rings. The Labute approximate surface area is 137 Å².